The first-order valence-corrected chi connectivity index (χ1v) is 10.7. The maximum atomic E-state index is 12.0. The van der Waals surface area contributed by atoms with Crippen molar-refractivity contribution in [3.05, 3.63) is 12.7 Å². The van der Waals surface area contributed by atoms with Crippen LogP contribution in [0.25, 0.3) is 0 Å². The van der Waals surface area contributed by atoms with E-state index in [4.69, 9.17) is 4.74 Å². The lowest BCUT2D eigenvalue weighted by Crippen LogP contribution is -2.59. The van der Waals surface area contributed by atoms with Gasteiger partial charge in [-0.15, -0.1) is 6.58 Å². The summed E-state index contributed by atoms with van der Waals surface area (Å²) in [7, 11) is 0. The standard InChI is InChI=1S/C23H36O2/c1-5-16-10-12-19-18-11-9-17-8-6-7-13-22(17,3)21(18)20(25-15(2)24)14-23(16,19)4/h5,16-21H,1,6-14H2,2-4H3/t16-,17?,18-,19-,20-,21+,22-,23+/m0/s1. The Bertz CT molecular complexity index is 554. The zero-order valence-electron chi connectivity index (χ0n) is 16.4. The van der Waals surface area contributed by atoms with Gasteiger partial charge >= 0.3 is 5.97 Å². The zero-order valence-corrected chi connectivity index (χ0v) is 16.4. The first-order chi connectivity index (χ1) is 11.9. The Kier molecular flexibility index (Phi) is 4.32. The molecule has 1 unspecified atom stereocenters. The van der Waals surface area contributed by atoms with Crippen molar-refractivity contribution in [2.45, 2.75) is 84.7 Å². The van der Waals surface area contributed by atoms with Crippen LogP contribution in [-0.4, -0.2) is 12.1 Å². The lowest BCUT2D eigenvalue weighted by atomic mass is 9.44. The molecule has 8 atom stereocenters. The Morgan fingerprint density at radius 2 is 1.88 bits per heavy atom. The fraction of sp³-hybridized carbons (Fsp3) is 0.870. The van der Waals surface area contributed by atoms with Crippen LogP contribution < -0.4 is 0 Å². The summed E-state index contributed by atoms with van der Waals surface area (Å²) >= 11 is 0. The fourth-order valence-electron chi connectivity index (χ4n) is 8.13. The molecule has 4 rings (SSSR count). The molecular weight excluding hydrogens is 308 g/mol. The van der Waals surface area contributed by atoms with Crippen LogP contribution in [0.4, 0.5) is 0 Å². The first-order valence-electron chi connectivity index (χ1n) is 10.7. The van der Waals surface area contributed by atoms with Crippen molar-refractivity contribution in [2.75, 3.05) is 0 Å². The minimum absolute atomic E-state index is 0.0829. The molecule has 0 saturated heterocycles. The number of hydrogen-bond acceptors (Lipinski definition) is 2. The third-order valence-electron chi connectivity index (χ3n) is 9.16. The van der Waals surface area contributed by atoms with Gasteiger partial charge in [-0.3, -0.25) is 4.79 Å². The molecule has 0 aromatic rings. The second-order valence-electron chi connectivity index (χ2n) is 10.1. The Hall–Kier alpha value is -0.790. The number of hydrogen-bond donors (Lipinski definition) is 0. The van der Waals surface area contributed by atoms with Gasteiger partial charge in [0.25, 0.3) is 0 Å². The van der Waals surface area contributed by atoms with Gasteiger partial charge in [-0.2, -0.15) is 0 Å². The van der Waals surface area contributed by atoms with E-state index in [-0.39, 0.29) is 17.5 Å². The summed E-state index contributed by atoms with van der Waals surface area (Å²) in [6.45, 7) is 10.8. The quantitative estimate of drug-likeness (QED) is 0.470. The van der Waals surface area contributed by atoms with E-state index in [0.29, 0.717) is 17.3 Å². The van der Waals surface area contributed by atoms with Gasteiger partial charge in [0.2, 0.25) is 0 Å². The van der Waals surface area contributed by atoms with E-state index >= 15 is 0 Å². The van der Waals surface area contributed by atoms with Gasteiger partial charge in [0.15, 0.2) is 0 Å². The Balaban J connectivity index is 1.73. The van der Waals surface area contributed by atoms with E-state index in [1.54, 1.807) is 6.92 Å². The summed E-state index contributed by atoms with van der Waals surface area (Å²) < 4.78 is 6.07. The van der Waals surface area contributed by atoms with Crippen LogP contribution in [0.15, 0.2) is 12.7 Å². The highest BCUT2D eigenvalue weighted by Gasteiger charge is 2.63. The largest absolute Gasteiger partial charge is 0.462 e. The molecule has 25 heavy (non-hydrogen) atoms. The average molecular weight is 345 g/mol. The SMILES string of the molecule is C=C[C@H]1CC[C@H]2[C@@H]3CCC4CCCC[C@]4(C)[C@H]3[C@@H](OC(C)=O)C[C@]12C. The number of allylic oxidation sites excluding steroid dienone is 1. The van der Waals surface area contributed by atoms with Crippen LogP contribution >= 0.6 is 0 Å². The maximum absolute atomic E-state index is 12.0. The Morgan fingerprint density at radius 1 is 1.08 bits per heavy atom. The molecular formula is C23H36O2. The molecule has 0 aromatic heterocycles. The van der Waals surface area contributed by atoms with E-state index in [0.717, 1.165) is 24.2 Å². The van der Waals surface area contributed by atoms with Gasteiger partial charge in [-0.25, -0.2) is 0 Å². The molecule has 0 aliphatic heterocycles. The van der Waals surface area contributed by atoms with Crippen LogP contribution in [0.2, 0.25) is 0 Å². The smallest absolute Gasteiger partial charge is 0.302 e. The number of rotatable bonds is 2. The van der Waals surface area contributed by atoms with Gasteiger partial charge < -0.3 is 4.74 Å². The zero-order chi connectivity index (χ0) is 17.8. The van der Waals surface area contributed by atoms with Crippen molar-refractivity contribution in [3.63, 3.8) is 0 Å². The Labute approximate surface area is 153 Å². The van der Waals surface area contributed by atoms with Crippen molar-refractivity contribution in [3.8, 4) is 0 Å². The number of ether oxygens (including phenoxy) is 1. The van der Waals surface area contributed by atoms with Crippen LogP contribution in [-0.2, 0) is 9.53 Å². The molecule has 4 aliphatic carbocycles. The highest BCUT2D eigenvalue weighted by Crippen LogP contribution is 2.68. The summed E-state index contributed by atoms with van der Waals surface area (Å²) in [6.07, 6.45) is 14.2. The molecule has 4 fully saturated rings. The number of carbonyl (C=O) groups excluding carboxylic acids is 1. The third-order valence-corrected chi connectivity index (χ3v) is 9.16. The maximum Gasteiger partial charge on any atom is 0.302 e. The molecule has 4 saturated carbocycles. The lowest BCUT2D eigenvalue weighted by Gasteiger charge is -2.62. The normalized spacial score (nSPS) is 51.8. The second-order valence-corrected chi connectivity index (χ2v) is 10.1. The van der Waals surface area contributed by atoms with Crippen LogP contribution in [0, 0.1) is 40.4 Å². The van der Waals surface area contributed by atoms with E-state index < -0.39 is 0 Å². The summed E-state index contributed by atoms with van der Waals surface area (Å²) in [5.74, 6) is 3.48. The monoisotopic (exact) mass is 344 g/mol. The fourth-order valence-corrected chi connectivity index (χ4v) is 8.13. The summed E-state index contributed by atoms with van der Waals surface area (Å²) in [6, 6.07) is 0. The van der Waals surface area contributed by atoms with Crippen LogP contribution in [0.5, 0.6) is 0 Å². The third kappa shape index (κ3) is 2.53. The summed E-state index contributed by atoms with van der Waals surface area (Å²) in [5, 5.41) is 0. The molecule has 2 nitrogen and oxygen atoms in total. The van der Waals surface area contributed by atoms with E-state index in [9.17, 15) is 4.79 Å². The molecule has 0 bridgehead atoms. The van der Waals surface area contributed by atoms with Crippen LogP contribution in [0.3, 0.4) is 0 Å². The lowest BCUT2D eigenvalue weighted by molar-refractivity contribution is -0.191. The van der Waals surface area contributed by atoms with Crippen molar-refractivity contribution in [1.82, 2.24) is 0 Å². The summed E-state index contributed by atoms with van der Waals surface area (Å²) in [4.78, 5) is 12.0. The topological polar surface area (TPSA) is 26.3 Å². The minimum atomic E-state index is -0.0829. The predicted molar refractivity (Wildman–Crippen MR) is 101 cm³/mol. The number of fused-ring (bicyclic) bond motifs is 5. The van der Waals surface area contributed by atoms with Crippen LogP contribution in [0.1, 0.15) is 78.6 Å². The molecule has 0 aromatic carbocycles. The van der Waals surface area contributed by atoms with Gasteiger partial charge in [0.05, 0.1) is 0 Å². The second kappa shape index (κ2) is 6.13. The highest BCUT2D eigenvalue weighted by molar-refractivity contribution is 5.66. The number of esters is 1. The molecule has 0 spiro atoms. The van der Waals surface area contributed by atoms with Gasteiger partial charge in [-0.1, -0.05) is 32.8 Å². The van der Waals surface area contributed by atoms with Gasteiger partial charge in [0.1, 0.15) is 6.10 Å². The van der Waals surface area contributed by atoms with E-state index in [1.807, 2.05) is 0 Å². The highest BCUT2D eigenvalue weighted by atomic mass is 16.5. The number of carbonyl (C=O) groups is 1. The average Bonchev–Trinajstić information content (AvgIpc) is 2.89. The predicted octanol–water partition coefficient (Wildman–Crippen LogP) is 5.76. The minimum Gasteiger partial charge on any atom is -0.462 e. The van der Waals surface area contributed by atoms with Crippen molar-refractivity contribution in [2.24, 2.45) is 40.4 Å². The molecule has 140 valence electrons. The molecule has 4 aliphatic rings. The first kappa shape index (κ1) is 17.6. The molecule has 0 N–H and O–H groups in total. The van der Waals surface area contributed by atoms with E-state index in [2.05, 4.69) is 26.5 Å². The molecule has 0 radical (unpaired) electrons. The summed E-state index contributed by atoms with van der Waals surface area (Å²) in [5.41, 5.74) is 0.662. The van der Waals surface area contributed by atoms with Crippen molar-refractivity contribution < 1.29 is 9.53 Å². The molecule has 2 heteroatoms. The van der Waals surface area contributed by atoms with Crippen molar-refractivity contribution >= 4 is 5.97 Å². The Morgan fingerprint density at radius 3 is 2.60 bits per heavy atom. The molecule has 0 heterocycles. The van der Waals surface area contributed by atoms with Gasteiger partial charge in [0, 0.05) is 12.8 Å². The van der Waals surface area contributed by atoms with Gasteiger partial charge in [-0.05, 0) is 79.4 Å². The van der Waals surface area contributed by atoms with Crippen molar-refractivity contribution in [1.29, 1.82) is 0 Å². The van der Waals surface area contributed by atoms with E-state index in [1.165, 1.54) is 51.4 Å². The molecule has 0 amide bonds.